The van der Waals surface area contributed by atoms with E-state index in [1.54, 1.807) is 0 Å². The Labute approximate surface area is 197 Å². The number of rotatable bonds is 8. The second-order valence-electron chi connectivity index (χ2n) is 9.85. The third-order valence-electron chi connectivity index (χ3n) is 7.24. The van der Waals surface area contributed by atoms with Crippen LogP contribution in [0.25, 0.3) is 10.8 Å². The van der Waals surface area contributed by atoms with E-state index in [1.165, 1.54) is 47.7 Å². The zero-order chi connectivity index (χ0) is 22.6. The lowest BCUT2D eigenvalue weighted by Gasteiger charge is -2.32. The van der Waals surface area contributed by atoms with Crippen LogP contribution in [0.3, 0.4) is 0 Å². The summed E-state index contributed by atoms with van der Waals surface area (Å²) in [6, 6.07) is 24.1. The van der Waals surface area contributed by atoms with Crippen molar-refractivity contribution in [3.05, 3.63) is 72.3 Å². The topological polar surface area (TPSA) is 35.6 Å². The van der Waals surface area contributed by atoms with Crippen LogP contribution in [0.2, 0.25) is 0 Å². The summed E-state index contributed by atoms with van der Waals surface area (Å²) >= 11 is 0. The number of piperidine rings is 1. The lowest BCUT2D eigenvalue weighted by atomic mass is 9.99. The highest BCUT2D eigenvalue weighted by Gasteiger charge is 2.29. The minimum absolute atomic E-state index is 0.0955. The van der Waals surface area contributed by atoms with Crippen LogP contribution in [-0.4, -0.2) is 36.5 Å². The number of anilines is 2. The van der Waals surface area contributed by atoms with Crippen molar-refractivity contribution in [2.45, 2.75) is 51.6 Å². The van der Waals surface area contributed by atoms with Crippen molar-refractivity contribution in [1.29, 1.82) is 0 Å². The zero-order valence-corrected chi connectivity index (χ0v) is 19.7. The van der Waals surface area contributed by atoms with Crippen LogP contribution >= 0.6 is 0 Å². The summed E-state index contributed by atoms with van der Waals surface area (Å²) in [4.78, 5) is 17.6. The standard InChI is InChI=1S/C29H35N3O/c1-22-15-18-31(19-16-22)26-11-9-25(10-12-26)30-29(33)17-20-32(27-13-14-27)21-24-7-4-6-23-5-2-3-8-28(23)24/h2-12,22,27H,13-21H2,1H3,(H,30,33). The van der Waals surface area contributed by atoms with Crippen molar-refractivity contribution in [1.82, 2.24) is 4.90 Å². The normalized spacial score (nSPS) is 17.0. The van der Waals surface area contributed by atoms with Gasteiger partial charge in [0, 0.05) is 50.0 Å². The van der Waals surface area contributed by atoms with E-state index >= 15 is 0 Å². The molecule has 0 bridgehead atoms. The lowest BCUT2D eigenvalue weighted by Crippen LogP contribution is -2.32. The molecule has 3 aromatic rings. The van der Waals surface area contributed by atoms with Gasteiger partial charge in [-0.05, 0) is 72.2 Å². The van der Waals surface area contributed by atoms with Crippen LogP contribution in [0.4, 0.5) is 11.4 Å². The quantitative estimate of drug-likeness (QED) is 0.461. The molecule has 1 heterocycles. The number of hydrogen-bond acceptors (Lipinski definition) is 3. The molecule has 1 saturated carbocycles. The summed E-state index contributed by atoms with van der Waals surface area (Å²) in [6.45, 7) is 6.29. The average Bonchev–Trinajstić information content (AvgIpc) is 3.68. The van der Waals surface area contributed by atoms with Crippen molar-refractivity contribution in [2.24, 2.45) is 5.92 Å². The highest BCUT2D eigenvalue weighted by molar-refractivity contribution is 5.91. The number of nitrogens with zero attached hydrogens (tertiary/aromatic N) is 2. The number of carbonyl (C=O) groups is 1. The van der Waals surface area contributed by atoms with Gasteiger partial charge in [-0.1, -0.05) is 49.4 Å². The van der Waals surface area contributed by atoms with Crippen LogP contribution in [0.1, 0.15) is 44.6 Å². The van der Waals surface area contributed by atoms with Gasteiger partial charge in [-0.15, -0.1) is 0 Å². The molecule has 0 radical (unpaired) electrons. The van der Waals surface area contributed by atoms with Gasteiger partial charge in [0.1, 0.15) is 0 Å². The van der Waals surface area contributed by atoms with Gasteiger partial charge >= 0.3 is 0 Å². The third-order valence-corrected chi connectivity index (χ3v) is 7.24. The first-order chi connectivity index (χ1) is 16.2. The second-order valence-corrected chi connectivity index (χ2v) is 9.85. The summed E-state index contributed by atoms with van der Waals surface area (Å²) < 4.78 is 0. The van der Waals surface area contributed by atoms with Gasteiger partial charge in [0.05, 0.1) is 0 Å². The van der Waals surface area contributed by atoms with Gasteiger partial charge in [0.25, 0.3) is 0 Å². The molecule has 172 valence electrons. The molecule has 2 fully saturated rings. The summed E-state index contributed by atoms with van der Waals surface area (Å²) in [7, 11) is 0. The van der Waals surface area contributed by atoms with Crippen LogP contribution in [0.5, 0.6) is 0 Å². The lowest BCUT2D eigenvalue weighted by molar-refractivity contribution is -0.116. The Balaban J connectivity index is 1.16. The van der Waals surface area contributed by atoms with E-state index < -0.39 is 0 Å². The fourth-order valence-electron chi connectivity index (χ4n) is 4.97. The first kappa shape index (κ1) is 22.0. The first-order valence-corrected chi connectivity index (χ1v) is 12.5. The van der Waals surface area contributed by atoms with E-state index in [2.05, 4.69) is 76.6 Å². The molecule has 1 aliphatic carbocycles. The van der Waals surface area contributed by atoms with Crippen molar-refractivity contribution < 1.29 is 4.79 Å². The number of amides is 1. The second kappa shape index (κ2) is 9.96. The number of fused-ring (bicyclic) bond motifs is 1. The Bertz CT molecular complexity index is 1080. The number of nitrogens with one attached hydrogen (secondary N) is 1. The predicted octanol–water partition coefficient (Wildman–Crippen LogP) is 6.07. The van der Waals surface area contributed by atoms with E-state index in [1.807, 2.05) is 12.1 Å². The molecule has 2 aliphatic rings. The number of hydrogen-bond donors (Lipinski definition) is 1. The molecule has 33 heavy (non-hydrogen) atoms. The van der Waals surface area contributed by atoms with Crippen molar-refractivity contribution in [3.8, 4) is 0 Å². The predicted molar refractivity (Wildman–Crippen MR) is 138 cm³/mol. The summed E-state index contributed by atoms with van der Waals surface area (Å²) in [5, 5.41) is 5.70. The molecule has 0 spiro atoms. The van der Waals surface area contributed by atoms with Gasteiger partial charge < -0.3 is 10.2 Å². The van der Waals surface area contributed by atoms with Gasteiger partial charge in [-0.25, -0.2) is 0 Å². The Morgan fingerprint density at radius 3 is 2.42 bits per heavy atom. The SMILES string of the molecule is CC1CCN(c2ccc(NC(=O)CCN(Cc3cccc4ccccc34)C3CC3)cc2)CC1. The minimum Gasteiger partial charge on any atom is -0.372 e. The molecule has 0 atom stereocenters. The number of carbonyl (C=O) groups excluding carboxylic acids is 1. The smallest absolute Gasteiger partial charge is 0.225 e. The molecule has 5 rings (SSSR count). The molecule has 3 aromatic carbocycles. The van der Waals surface area contributed by atoms with Crippen LogP contribution < -0.4 is 10.2 Å². The fourth-order valence-corrected chi connectivity index (χ4v) is 4.97. The minimum atomic E-state index is 0.0955. The molecule has 1 amide bonds. The third kappa shape index (κ3) is 5.56. The first-order valence-electron chi connectivity index (χ1n) is 12.5. The highest BCUT2D eigenvalue weighted by Crippen LogP contribution is 2.30. The van der Waals surface area contributed by atoms with Crippen molar-refractivity contribution in [3.63, 3.8) is 0 Å². The summed E-state index contributed by atoms with van der Waals surface area (Å²) in [6.07, 6.45) is 5.52. The van der Waals surface area contributed by atoms with E-state index in [4.69, 9.17) is 0 Å². The Kier molecular flexibility index (Phi) is 6.63. The van der Waals surface area contributed by atoms with Crippen molar-refractivity contribution in [2.75, 3.05) is 29.9 Å². The van der Waals surface area contributed by atoms with Crippen LogP contribution in [0.15, 0.2) is 66.7 Å². The summed E-state index contributed by atoms with van der Waals surface area (Å²) in [5.41, 5.74) is 3.50. The van der Waals surface area contributed by atoms with E-state index in [9.17, 15) is 4.79 Å². The molecule has 0 unspecified atom stereocenters. The molecule has 0 aromatic heterocycles. The van der Waals surface area contributed by atoms with E-state index in [0.29, 0.717) is 12.5 Å². The molecule has 1 N–H and O–H groups in total. The molecular formula is C29H35N3O. The van der Waals surface area contributed by atoms with Gasteiger partial charge in [-0.3, -0.25) is 9.69 Å². The summed E-state index contributed by atoms with van der Waals surface area (Å²) in [5.74, 6) is 0.925. The van der Waals surface area contributed by atoms with Gasteiger partial charge in [-0.2, -0.15) is 0 Å². The van der Waals surface area contributed by atoms with Crippen molar-refractivity contribution >= 4 is 28.1 Å². The average molecular weight is 442 g/mol. The maximum atomic E-state index is 12.7. The van der Waals surface area contributed by atoms with E-state index in [-0.39, 0.29) is 5.91 Å². The molecule has 1 saturated heterocycles. The Hall–Kier alpha value is -2.85. The Morgan fingerprint density at radius 2 is 1.67 bits per heavy atom. The molecule has 1 aliphatic heterocycles. The monoisotopic (exact) mass is 441 g/mol. The number of benzene rings is 3. The van der Waals surface area contributed by atoms with Gasteiger partial charge in [0.15, 0.2) is 0 Å². The van der Waals surface area contributed by atoms with Crippen LogP contribution in [0, 0.1) is 5.92 Å². The largest absolute Gasteiger partial charge is 0.372 e. The molecule has 4 heteroatoms. The highest BCUT2D eigenvalue weighted by atomic mass is 16.1. The zero-order valence-electron chi connectivity index (χ0n) is 19.7. The maximum absolute atomic E-state index is 12.7. The van der Waals surface area contributed by atoms with Crippen LogP contribution in [-0.2, 0) is 11.3 Å². The molecular weight excluding hydrogens is 406 g/mol. The van der Waals surface area contributed by atoms with E-state index in [0.717, 1.165) is 37.8 Å². The van der Waals surface area contributed by atoms with Gasteiger partial charge in [0.2, 0.25) is 5.91 Å². The molecule has 4 nitrogen and oxygen atoms in total. The maximum Gasteiger partial charge on any atom is 0.225 e. The fraction of sp³-hybridized carbons (Fsp3) is 0.414. The Morgan fingerprint density at radius 1 is 0.939 bits per heavy atom.